The monoisotopic (exact) mass is 567 g/mol. The lowest BCUT2D eigenvalue weighted by Crippen LogP contribution is -2.62. The molecule has 0 spiro atoms. The zero-order valence-electron chi connectivity index (χ0n) is 21.7. The van der Waals surface area contributed by atoms with Gasteiger partial charge in [-0.25, -0.2) is 4.98 Å². The van der Waals surface area contributed by atoms with Gasteiger partial charge in [-0.15, -0.1) is 24.5 Å². The SMILES string of the molecule is CCc1ncc(C2(O)CCC(N3CC(NCC(=O)NNc4nn(C)c5ccc(OC(F)(F)F)cc45)C3)CC2)s1. The van der Waals surface area contributed by atoms with Crippen LogP contribution in [0.5, 0.6) is 5.75 Å². The number of hydrogen-bond donors (Lipinski definition) is 4. The molecule has 0 radical (unpaired) electrons. The van der Waals surface area contributed by atoms with E-state index in [0.29, 0.717) is 16.9 Å². The molecular weight excluding hydrogens is 535 g/mol. The number of thiazole rings is 1. The molecule has 5 rings (SSSR count). The lowest BCUT2D eigenvalue weighted by atomic mass is 9.80. The summed E-state index contributed by atoms with van der Waals surface area (Å²) in [6, 6.07) is 4.50. The van der Waals surface area contributed by atoms with Crippen LogP contribution >= 0.6 is 11.3 Å². The van der Waals surface area contributed by atoms with Crippen molar-refractivity contribution in [2.75, 3.05) is 25.1 Å². The highest BCUT2D eigenvalue weighted by Crippen LogP contribution is 2.41. The first-order chi connectivity index (χ1) is 18.5. The van der Waals surface area contributed by atoms with Gasteiger partial charge in [-0.2, -0.15) is 5.10 Å². The van der Waals surface area contributed by atoms with Crippen molar-refractivity contribution in [3.8, 4) is 5.75 Å². The number of carbonyl (C=O) groups is 1. The second-order valence-electron chi connectivity index (χ2n) is 10.1. The maximum absolute atomic E-state index is 12.6. The Morgan fingerprint density at radius 3 is 2.69 bits per heavy atom. The predicted molar refractivity (Wildman–Crippen MR) is 140 cm³/mol. The number of alkyl halides is 3. The minimum absolute atomic E-state index is 0.0776. The number of hydrogen-bond acceptors (Lipinski definition) is 9. The van der Waals surface area contributed by atoms with E-state index in [4.69, 9.17) is 0 Å². The quantitative estimate of drug-likeness (QED) is 0.292. The fourth-order valence-electron chi connectivity index (χ4n) is 5.26. The zero-order valence-corrected chi connectivity index (χ0v) is 22.5. The highest BCUT2D eigenvalue weighted by molar-refractivity contribution is 7.11. The lowest BCUT2D eigenvalue weighted by Gasteiger charge is -2.48. The van der Waals surface area contributed by atoms with Crippen molar-refractivity contribution in [1.82, 2.24) is 30.4 Å². The van der Waals surface area contributed by atoms with Crippen LogP contribution < -0.4 is 20.9 Å². The van der Waals surface area contributed by atoms with Gasteiger partial charge in [0, 0.05) is 43.8 Å². The summed E-state index contributed by atoms with van der Waals surface area (Å²) in [6.45, 7) is 3.80. The normalized spacial score (nSPS) is 22.6. The van der Waals surface area contributed by atoms with Crippen molar-refractivity contribution < 1.29 is 27.8 Å². The van der Waals surface area contributed by atoms with E-state index in [2.05, 4.69) is 42.8 Å². The zero-order chi connectivity index (χ0) is 27.8. The van der Waals surface area contributed by atoms with Gasteiger partial charge in [0.25, 0.3) is 5.91 Å². The molecular formula is C25H32F3N7O3S. The van der Waals surface area contributed by atoms with E-state index in [1.165, 1.54) is 22.9 Å². The van der Waals surface area contributed by atoms with Gasteiger partial charge in [-0.05, 0) is 50.3 Å². The van der Waals surface area contributed by atoms with Crippen molar-refractivity contribution in [2.24, 2.45) is 7.05 Å². The Labute approximate surface area is 227 Å². The van der Waals surface area contributed by atoms with Crippen LogP contribution in [0, 0.1) is 0 Å². The lowest BCUT2D eigenvalue weighted by molar-refractivity contribution is -0.274. The van der Waals surface area contributed by atoms with Crippen LogP contribution in [-0.2, 0) is 23.9 Å². The van der Waals surface area contributed by atoms with Crippen LogP contribution in [0.25, 0.3) is 10.9 Å². The minimum Gasteiger partial charge on any atom is -0.406 e. The molecule has 0 atom stereocenters. The van der Waals surface area contributed by atoms with Crippen LogP contribution in [0.3, 0.4) is 0 Å². The van der Waals surface area contributed by atoms with Gasteiger partial charge in [0.1, 0.15) is 11.4 Å². The van der Waals surface area contributed by atoms with Crippen LogP contribution in [0.2, 0.25) is 0 Å². The number of aryl methyl sites for hydroxylation is 2. The Morgan fingerprint density at radius 1 is 1.28 bits per heavy atom. The number of likely N-dealkylation sites (tertiary alicyclic amines) is 1. The molecule has 14 heteroatoms. The minimum atomic E-state index is -4.80. The van der Waals surface area contributed by atoms with Crippen molar-refractivity contribution >= 4 is 34.0 Å². The van der Waals surface area contributed by atoms with Gasteiger partial charge < -0.3 is 15.2 Å². The summed E-state index contributed by atoms with van der Waals surface area (Å²) in [4.78, 5) is 20.1. The van der Waals surface area contributed by atoms with E-state index in [1.807, 2.05) is 6.20 Å². The number of anilines is 1. The number of amides is 1. The summed E-state index contributed by atoms with van der Waals surface area (Å²) in [7, 11) is 1.65. The number of ether oxygens (including phenoxy) is 1. The molecule has 1 aromatic carbocycles. The Morgan fingerprint density at radius 2 is 2.03 bits per heavy atom. The molecule has 3 aromatic rings. The molecule has 1 aliphatic carbocycles. The largest absolute Gasteiger partial charge is 0.573 e. The maximum atomic E-state index is 12.6. The molecule has 4 N–H and O–H groups in total. The molecule has 1 saturated heterocycles. The third-order valence-electron chi connectivity index (χ3n) is 7.45. The third-order valence-corrected chi connectivity index (χ3v) is 8.79. The van der Waals surface area contributed by atoms with Gasteiger partial charge in [-0.1, -0.05) is 6.92 Å². The molecule has 39 heavy (non-hydrogen) atoms. The first-order valence-corrected chi connectivity index (χ1v) is 13.8. The number of benzene rings is 1. The predicted octanol–water partition coefficient (Wildman–Crippen LogP) is 3.04. The van der Waals surface area contributed by atoms with Crippen LogP contribution in [0.1, 0.15) is 42.5 Å². The summed E-state index contributed by atoms with van der Waals surface area (Å²) in [5, 5.41) is 20.0. The molecule has 212 valence electrons. The topological polar surface area (TPSA) is 117 Å². The van der Waals surface area contributed by atoms with E-state index in [9.17, 15) is 23.1 Å². The fraction of sp³-hybridized carbons (Fsp3) is 0.560. The number of nitrogens with zero attached hydrogens (tertiary/aromatic N) is 4. The van der Waals surface area contributed by atoms with Crippen molar-refractivity contribution in [1.29, 1.82) is 0 Å². The van der Waals surface area contributed by atoms with E-state index < -0.39 is 12.0 Å². The van der Waals surface area contributed by atoms with Crippen LogP contribution in [0.15, 0.2) is 24.4 Å². The molecule has 2 aliphatic rings. The highest BCUT2D eigenvalue weighted by Gasteiger charge is 2.41. The Balaban J connectivity index is 1.05. The number of aromatic nitrogens is 3. The number of carbonyl (C=O) groups excluding carboxylic acids is 1. The van der Waals surface area contributed by atoms with Crippen molar-refractivity contribution in [2.45, 2.75) is 63.1 Å². The maximum Gasteiger partial charge on any atom is 0.573 e. The smallest absolute Gasteiger partial charge is 0.406 e. The van der Waals surface area contributed by atoms with Crippen LogP contribution in [-0.4, -0.2) is 68.8 Å². The van der Waals surface area contributed by atoms with E-state index >= 15 is 0 Å². The molecule has 0 bridgehead atoms. The van der Waals surface area contributed by atoms with Gasteiger partial charge in [0.2, 0.25) is 0 Å². The average Bonchev–Trinajstić information content (AvgIpc) is 3.47. The molecule has 3 heterocycles. The summed E-state index contributed by atoms with van der Waals surface area (Å²) in [6.07, 6.45) is 1.17. The van der Waals surface area contributed by atoms with Crippen molar-refractivity contribution in [3.05, 3.63) is 34.3 Å². The summed E-state index contributed by atoms with van der Waals surface area (Å²) in [5.41, 5.74) is 5.04. The Kier molecular flexibility index (Phi) is 7.73. The Bertz CT molecular complexity index is 1310. The fourth-order valence-corrected chi connectivity index (χ4v) is 6.27. The van der Waals surface area contributed by atoms with Crippen molar-refractivity contribution in [3.63, 3.8) is 0 Å². The van der Waals surface area contributed by atoms with E-state index in [-0.39, 0.29) is 30.1 Å². The summed E-state index contributed by atoms with van der Waals surface area (Å²) >= 11 is 1.60. The van der Waals surface area contributed by atoms with Gasteiger partial charge in [0.15, 0.2) is 5.82 Å². The number of nitrogens with one attached hydrogen (secondary N) is 3. The highest BCUT2D eigenvalue weighted by atomic mass is 32.1. The van der Waals surface area contributed by atoms with Crippen LogP contribution in [0.4, 0.5) is 19.0 Å². The standard InChI is InChI=1S/C25H32F3N7O3S/c1-3-22-30-11-20(39-22)24(37)8-6-16(7-9-24)35-13-15(14-35)29-12-21(36)31-32-23-18-10-17(38-25(26,27)28)4-5-19(18)34(2)33-23/h4-5,10-11,15-16,29,37H,3,6-9,12-14H2,1-2H3,(H,31,36)(H,32,33). The first kappa shape index (κ1) is 27.6. The Hall–Kier alpha value is -2.94. The summed E-state index contributed by atoms with van der Waals surface area (Å²) in [5.74, 6) is -0.483. The molecule has 1 aliphatic heterocycles. The number of hydrazine groups is 1. The molecule has 1 saturated carbocycles. The third kappa shape index (κ3) is 6.29. The van der Waals surface area contributed by atoms with Gasteiger partial charge in [-0.3, -0.25) is 25.2 Å². The van der Waals surface area contributed by atoms with E-state index in [1.54, 1.807) is 18.4 Å². The van der Waals surface area contributed by atoms with E-state index in [0.717, 1.165) is 55.1 Å². The second-order valence-corrected chi connectivity index (χ2v) is 11.3. The molecule has 1 amide bonds. The first-order valence-electron chi connectivity index (χ1n) is 13.0. The number of fused-ring (bicyclic) bond motifs is 1. The number of aliphatic hydroxyl groups is 1. The molecule has 2 aromatic heterocycles. The van der Waals surface area contributed by atoms with Gasteiger partial charge in [0.05, 0.1) is 21.9 Å². The average molecular weight is 568 g/mol. The number of halogens is 3. The molecule has 0 unspecified atom stereocenters. The molecule has 2 fully saturated rings. The number of rotatable bonds is 9. The second kappa shape index (κ2) is 10.9. The summed E-state index contributed by atoms with van der Waals surface area (Å²) < 4.78 is 43.2. The molecule has 10 nitrogen and oxygen atoms in total. The van der Waals surface area contributed by atoms with Gasteiger partial charge >= 0.3 is 6.36 Å².